The molecule has 2 nitrogen and oxygen atoms in total. The number of nitrogens with zero attached hydrogens (tertiary/aromatic N) is 1. The van der Waals surface area contributed by atoms with Crippen molar-refractivity contribution in [2.45, 2.75) is 33.2 Å². The highest BCUT2D eigenvalue weighted by atomic mass is 16.3. The molecule has 1 rings (SSSR count). The zero-order valence-electron chi connectivity index (χ0n) is 7.80. The molecule has 1 atom stereocenters. The Morgan fingerprint density at radius 1 is 1.45 bits per heavy atom. The van der Waals surface area contributed by atoms with E-state index in [1.807, 2.05) is 0 Å². The molecule has 0 aromatic rings. The second kappa shape index (κ2) is 3.11. The fourth-order valence-corrected chi connectivity index (χ4v) is 1.81. The van der Waals surface area contributed by atoms with Crippen molar-refractivity contribution in [1.29, 1.82) is 0 Å². The van der Waals surface area contributed by atoms with Gasteiger partial charge in [-0.15, -0.1) is 0 Å². The van der Waals surface area contributed by atoms with E-state index in [1.165, 1.54) is 0 Å². The minimum absolute atomic E-state index is 0.312. The number of hydrogen-bond donors (Lipinski definition) is 1. The molecule has 1 fully saturated rings. The Bertz CT molecular complexity index is 122. The zero-order chi connectivity index (χ0) is 8.48. The first-order valence-electron chi connectivity index (χ1n) is 4.44. The standard InChI is InChI=1S/C9H19NO/c1-4-8(5-11)10-6-9(2,3)7-10/h8,11H,4-7H2,1-3H3/t8-/m0/s1. The highest BCUT2D eigenvalue weighted by molar-refractivity contribution is 4.90. The second-order valence-corrected chi connectivity index (χ2v) is 4.31. The van der Waals surface area contributed by atoms with Gasteiger partial charge >= 0.3 is 0 Å². The van der Waals surface area contributed by atoms with Crippen LogP contribution in [-0.4, -0.2) is 35.7 Å². The van der Waals surface area contributed by atoms with Crippen LogP contribution in [0.1, 0.15) is 27.2 Å². The molecule has 0 aliphatic carbocycles. The zero-order valence-corrected chi connectivity index (χ0v) is 7.80. The Kier molecular flexibility index (Phi) is 2.55. The summed E-state index contributed by atoms with van der Waals surface area (Å²) in [6.07, 6.45) is 1.06. The third kappa shape index (κ3) is 1.94. The van der Waals surface area contributed by atoms with E-state index in [1.54, 1.807) is 0 Å². The molecule has 1 N–H and O–H groups in total. The van der Waals surface area contributed by atoms with Gasteiger partial charge in [0.2, 0.25) is 0 Å². The lowest BCUT2D eigenvalue weighted by molar-refractivity contribution is -0.0251. The van der Waals surface area contributed by atoms with Crippen LogP contribution in [0.3, 0.4) is 0 Å². The van der Waals surface area contributed by atoms with Crippen molar-refractivity contribution in [1.82, 2.24) is 4.90 Å². The molecule has 11 heavy (non-hydrogen) atoms. The van der Waals surface area contributed by atoms with Gasteiger partial charge in [0.1, 0.15) is 0 Å². The van der Waals surface area contributed by atoms with E-state index in [9.17, 15) is 0 Å². The largest absolute Gasteiger partial charge is 0.395 e. The molecule has 0 amide bonds. The van der Waals surface area contributed by atoms with E-state index in [0.29, 0.717) is 18.1 Å². The lowest BCUT2D eigenvalue weighted by Crippen LogP contribution is -2.57. The lowest BCUT2D eigenvalue weighted by atomic mass is 9.83. The maximum absolute atomic E-state index is 8.99. The summed E-state index contributed by atoms with van der Waals surface area (Å²) in [7, 11) is 0. The summed E-state index contributed by atoms with van der Waals surface area (Å²) in [6.45, 7) is 9.28. The highest BCUT2D eigenvalue weighted by Crippen LogP contribution is 2.30. The van der Waals surface area contributed by atoms with Crippen LogP contribution in [-0.2, 0) is 0 Å². The van der Waals surface area contributed by atoms with Gasteiger partial charge in [0.15, 0.2) is 0 Å². The van der Waals surface area contributed by atoms with Gasteiger partial charge in [0, 0.05) is 19.1 Å². The molecule has 1 aliphatic rings. The fraction of sp³-hybridized carbons (Fsp3) is 1.00. The third-order valence-electron chi connectivity index (χ3n) is 2.46. The van der Waals surface area contributed by atoms with Crippen LogP contribution < -0.4 is 0 Å². The van der Waals surface area contributed by atoms with E-state index < -0.39 is 0 Å². The van der Waals surface area contributed by atoms with Crippen molar-refractivity contribution in [3.05, 3.63) is 0 Å². The number of aliphatic hydroxyl groups excluding tert-OH is 1. The van der Waals surface area contributed by atoms with Crippen molar-refractivity contribution in [3.8, 4) is 0 Å². The molecule has 66 valence electrons. The summed E-state index contributed by atoms with van der Waals surface area (Å²) < 4.78 is 0. The summed E-state index contributed by atoms with van der Waals surface area (Å²) in [6, 6.07) is 0.406. The SMILES string of the molecule is CC[C@@H](CO)N1CC(C)(C)C1. The van der Waals surface area contributed by atoms with Gasteiger partial charge in [-0.1, -0.05) is 20.8 Å². The monoisotopic (exact) mass is 157 g/mol. The van der Waals surface area contributed by atoms with Crippen molar-refractivity contribution in [2.75, 3.05) is 19.7 Å². The van der Waals surface area contributed by atoms with Crippen LogP contribution in [0.15, 0.2) is 0 Å². The van der Waals surface area contributed by atoms with E-state index >= 15 is 0 Å². The Morgan fingerprint density at radius 2 is 2.00 bits per heavy atom. The first-order valence-corrected chi connectivity index (χ1v) is 4.44. The predicted octanol–water partition coefficient (Wildman–Crippen LogP) is 1.10. The average molecular weight is 157 g/mol. The predicted molar refractivity (Wildman–Crippen MR) is 46.5 cm³/mol. The number of aliphatic hydroxyl groups is 1. The van der Waals surface area contributed by atoms with Crippen LogP contribution in [0.5, 0.6) is 0 Å². The fourth-order valence-electron chi connectivity index (χ4n) is 1.81. The Labute approximate surface area is 69.2 Å². The lowest BCUT2D eigenvalue weighted by Gasteiger charge is -2.49. The molecule has 2 heteroatoms. The van der Waals surface area contributed by atoms with Gasteiger partial charge in [0.25, 0.3) is 0 Å². The maximum Gasteiger partial charge on any atom is 0.0586 e. The van der Waals surface area contributed by atoms with Crippen LogP contribution in [0.2, 0.25) is 0 Å². The molecule has 0 unspecified atom stereocenters. The first-order chi connectivity index (χ1) is 5.09. The minimum Gasteiger partial charge on any atom is -0.395 e. The summed E-state index contributed by atoms with van der Waals surface area (Å²) in [5.41, 5.74) is 0.489. The van der Waals surface area contributed by atoms with Crippen molar-refractivity contribution < 1.29 is 5.11 Å². The van der Waals surface area contributed by atoms with Gasteiger partial charge in [-0.25, -0.2) is 0 Å². The van der Waals surface area contributed by atoms with Gasteiger partial charge in [-0.2, -0.15) is 0 Å². The molecule has 0 saturated carbocycles. The molecule has 0 aromatic heterocycles. The average Bonchev–Trinajstić information content (AvgIpc) is 1.86. The molecule has 0 bridgehead atoms. The summed E-state index contributed by atoms with van der Waals surface area (Å²) in [5.74, 6) is 0. The summed E-state index contributed by atoms with van der Waals surface area (Å²) in [5, 5.41) is 8.99. The van der Waals surface area contributed by atoms with Crippen LogP contribution in [0.4, 0.5) is 0 Å². The minimum atomic E-state index is 0.312. The van der Waals surface area contributed by atoms with E-state index in [-0.39, 0.29) is 0 Å². The topological polar surface area (TPSA) is 23.5 Å². The maximum atomic E-state index is 8.99. The van der Waals surface area contributed by atoms with Gasteiger partial charge in [0.05, 0.1) is 6.61 Å². The highest BCUT2D eigenvalue weighted by Gasteiger charge is 2.36. The van der Waals surface area contributed by atoms with Crippen LogP contribution in [0, 0.1) is 5.41 Å². The van der Waals surface area contributed by atoms with Gasteiger partial charge in [-0.3, -0.25) is 4.90 Å². The van der Waals surface area contributed by atoms with Crippen molar-refractivity contribution in [2.24, 2.45) is 5.41 Å². The quantitative estimate of drug-likeness (QED) is 0.663. The molecule has 0 aromatic carbocycles. The number of hydrogen-bond acceptors (Lipinski definition) is 2. The normalized spacial score (nSPS) is 26.2. The van der Waals surface area contributed by atoms with E-state index in [2.05, 4.69) is 25.7 Å². The number of likely N-dealkylation sites (tertiary alicyclic amines) is 1. The van der Waals surface area contributed by atoms with Crippen molar-refractivity contribution in [3.63, 3.8) is 0 Å². The third-order valence-corrected chi connectivity index (χ3v) is 2.46. The molecule has 1 saturated heterocycles. The molecule has 0 radical (unpaired) electrons. The van der Waals surface area contributed by atoms with Gasteiger partial charge < -0.3 is 5.11 Å². The summed E-state index contributed by atoms with van der Waals surface area (Å²) in [4.78, 5) is 2.36. The van der Waals surface area contributed by atoms with Crippen LogP contribution in [0.25, 0.3) is 0 Å². The molecular formula is C9H19NO. The van der Waals surface area contributed by atoms with Crippen molar-refractivity contribution >= 4 is 0 Å². The molecule has 0 spiro atoms. The Hall–Kier alpha value is -0.0800. The Balaban J connectivity index is 2.30. The van der Waals surface area contributed by atoms with E-state index in [4.69, 9.17) is 5.11 Å². The molecule has 1 heterocycles. The van der Waals surface area contributed by atoms with E-state index in [0.717, 1.165) is 19.5 Å². The summed E-state index contributed by atoms with van der Waals surface area (Å²) >= 11 is 0. The van der Waals surface area contributed by atoms with Gasteiger partial charge in [-0.05, 0) is 11.8 Å². The second-order valence-electron chi connectivity index (χ2n) is 4.31. The smallest absolute Gasteiger partial charge is 0.0586 e. The first kappa shape index (κ1) is 9.01. The number of rotatable bonds is 3. The molecule has 1 aliphatic heterocycles. The Morgan fingerprint density at radius 3 is 2.27 bits per heavy atom. The van der Waals surface area contributed by atoms with Crippen LogP contribution >= 0.6 is 0 Å². The molecular weight excluding hydrogens is 138 g/mol.